The number of hydrogen-bond acceptors (Lipinski definition) is 4. The Labute approximate surface area is 237 Å². The molecule has 0 radical (unpaired) electrons. The summed E-state index contributed by atoms with van der Waals surface area (Å²) in [5, 5.41) is 11.8. The maximum atomic E-state index is 15.1. The van der Waals surface area contributed by atoms with E-state index in [1.54, 1.807) is 57.2 Å². The van der Waals surface area contributed by atoms with E-state index in [1.165, 1.54) is 6.07 Å². The fourth-order valence-electron chi connectivity index (χ4n) is 5.45. The van der Waals surface area contributed by atoms with Crippen molar-refractivity contribution in [1.29, 1.82) is 0 Å². The van der Waals surface area contributed by atoms with E-state index < -0.39 is 46.5 Å². The summed E-state index contributed by atoms with van der Waals surface area (Å²) in [5.41, 5.74) is 5.94. The predicted octanol–water partition coefficient (Wildman–Crippen LogP) is 5.06. The number of aryl methyl sites for hydroxylation is 1. The summed E-state index contributed by atoms with van der Waals surface area (Å²) < 4.78 is 38.7. The molecule has 8 nitrogen and oxygen atoms in total. The van der Waals surface area contributed by atoms with Gasteiger partial charge in [-0.25, -0.2) is 13.8 Å². The highest BCUT2D eigenvalue weighted by Crippen LogP contribution is 2.39. The number of halogens is 1. The van der Waals surface area contributed by atoms with Crippen LogP contribution in [0.3, 0.4) is 0 Å². The van der Waals surface area contributed by atoms with Crippen LogP contribution in [0.2, 0.25) is 0 Å². The molecule has 0 spiro atoms. The first-order valence-electron chi connectivity index (χ1n) is 14.3. The summed E-state index contributed by atoms with van der Waals surface area (Å²) in [5.74, 6) is -1.82. The molecule has 2 aromatic heterocycles. The van der Waals surface area contributed by atoms with Crippen LogP contribution >= 0.6 is 0 Å². The van der Waals surface area contributed by atoms with Crippen molar-refractivity contribution < 1.29 is 18.4 Å². The van der Waals surface area contributed by atoms with Gasteiger partial charge >= 0.3 is 5.69 Å². The Morgan fingerprint density at radius 1 is 1.00 bits per heavy atom. The summed E-state index contributed by atoms with van der Waals surface area (Å²) in [6.07, 6.45) is 0. The molecular formula is C32H27FN4O4. The van der Waals surface area contributed by atoms with Crippen molar-refractivity contribution in [3.63, 3.8) is 0 Å². The number of nitrogens with two attached hydrogens (primary N) is 1. The highest BCUT2D eigenvalue weighted by Gasteiger charge is 2.22. The third kappa shape index (κ3) is 3.96. The molecule has 0 unspecified atom stereocenters. The van der Waals surface area contributed by atoms with E-state index in [-0.39, 0.29) is 16.6 Å². The lowest BCUT2D eigenvalue weighted by atomic mass is 9.92. The average Bonchev–Trinajstić information content (AvgIpc) is 3.32. The number of carbonyl (C=O) groups is 1. The van der Waals surface area contributed by atoms with Crippen molar-refractivity contribution in [2.45, 2.75) is 33.2 Å². The average molecular weight is 554 g/mol. The lowest BCUT2D eigenvalue weighted by molar-refractivity contribution is 0.0787. The molecule has 206 valence electrons. The van der Waals surface area contributed by atoms with Gasteiger partial charge in [0.25, 0.3) is 11.5 Å². The fourth-order valence-corrected chi connectivity index (χ4v) is 5.45. The quantitative estimate of drug-likeness (QED) is 0.243. The third-order valence-electron chi connectivity index (χ3n) is 7.57. The molecular weight excluding hydrogens is 523 g/mol. The number of carbonyl (C=O) groups excluding carboxylic acids is 1. The topological polar surface area (TPSA) is 134 Å². The molecule has 6 aromatic rings. The summed E-state index contributed by atoms with van der Waals surface area (Å²) >= 11 is 0. The van der Waals surface area contributed by atoms with E-state index in [1.807, 2.05) is 12.1 Å². The number of hydrogen-bond donors (Lipinski definition) is 4. The second-order valence-corrected chi connectivity index (χ2v) is 10.6. The van der Waals surface area contributed by atoms with Crippen molar-refractivity contribution in [1.82, 2.24) is 14.5 Å². The smallest absolute Gasteiger partial charge is 0.333 e. The van der Waals surface area contributed by atoms with Crippen LogP contribution in [0.5, 0.6) is 0 Å². The standard InChI is InChI=1S/C32H27FN4O4/c1-15-8-10-22-28(26(15)33)36-31(40)37(30(22)39)24-7-5-6-18(16(24)2)19-12-13-21(29(34)38)27-25(19)20-11-9-17(32(3,4)41)14-23(20)35-27/h5-14,35,41H,1-4H3,(H2,34,38)(H,36,40)/i1D3. The largest absolute Gasteiger partial charge is 0.386 e. The van der Waals surface area contributed by atoms with E-state index in [9.17, 15) is 19.5 Å². The number of H-pyrrole nitrogens is 2. The number of fused-ring (bicyclic) bond motifs is 4. The van der Waals surface area contributed by atoms with E-state index >= 15 is 4.39 Å². The van der Waals surface area contributed by atoms with Gasteiger partial charge in [0.05, 0.1) is 33.3 Å². The zero-order valence-corrected chi connectivity index (χ0v) is 22.3. The fraction of sp³-hybridized carbons (Fsp3) is 0.156. The Bertz CT molecular complexity index is 2310. The van der Waals surface area contributed by atoms with E-state index in [4.69, 9.17) is 9.85 Å². The number of primary amides is 1. The first-order chi connectivity index (χ1) is 20.6. The van der Waals surface area contributed by atoms with Crippen LogP contribution < -0.4 is 17.0 Å². The molecule has 1 amide bonds. The Balaban J connectivity index is 1.62. The van der Waals surface area contributed by atoms with Crippen molar-refractivity contribution in [3.05, 3.63) is 110 Å². The zero-order valence-electron chi connectivity index (χ0n) is 25.3. The molecule has 2 heterocycles. The normalized spacial score (nSPS) is 13.4. The lowest BCUT2D eigenvalue weighted by Crippen LogP contribution is -2.34. The number of aromatic nitrogens is 3. The minimum Gasteiger partial charge on any atom is -0.386 e. The van der Waals surface area contributed by atoms with Gasteiger partial charge in [-0.2, -0.15) is 0 Å². The number of rotatable bonds is 4. The number of aromatic amines is 2. The van der Waals surface area contributed by atoms with Gasteiger partial charge in [-0.1, -0.05) is 36.4 Å². The second-order valence-electron chi connectivity index (χ2n) is 10.6. The SMILES string of the molecule is [2H]C([2H])([2H])c1ccc2c(=O)n(-c3cccc(-c4ccc(C(N)=O)c5[nH]c6cc(C(C)(C)O)ccc6c45)c3C)c(=O)[nH]c2c1F. The second kappa shape index (κ2) is 9.00. The van der Waals surface area contributed by atoms with Crippen molar-refractivity contribution >= 4 is 38.6 Å². The zero-order chi connectivity index (χ0) is 31.9. The van der Waals surface area contributed by atoms with Crippen LogP contribution in [0.25, 0.3) is 49.5 Å². The van der Waals surface area contributed by atoms with Crippen molar-refractivity contribution in [2.75, 3.05) is 0 Å². The first kappa shape index (κ1) is 22.8. The number of aliphatic hydroxyl groups is 1. The maximum absolute atomic E-state index is 15.1. The molecule has 0 aliphatic carbocycles. The summed E-state index contributed by atoms with van der Waals surface area (Å²) in [7, 11) is 0. The van der Waals surface area contributed by atoms with E-state index in [0.717, 1.165) is 16.0 Å². The summed E-state index contributed by atoms with van der Waals surface area (Å²) in [4.78, 5) is 44.9. The molecule has 0 saturated carbocycles. The molecule has 41 heavy (non-hydrogen) atoms. The number of nitrogens with zero attached hydrogens (tertiary/aromatic N) is 1. The van der Waals surface area contributed by atoms with E-state index in [0.29, 0.717) is 38.7 Å². The van der Waals surface area contributed by atoms with Crippen LogP contribution in [0.15, 0.2) is 70.3 Å². The Kier molecular flexibility index (Phi) is 5.00. The van der Waals surface area contributed by atoms with Gasteiger partial charge in [0.1, 0.15) is 5.82 Å². The predicted molar refractivity (Wildman–Crippen MR) is 158 cm³/mol. The van der Waals surface area contributed by atoms with Crippen LogP contribution in [0.1, 0.15) is 45.0 Å². The van der Waals surface area contributed by atoms with Crippen LogP contribution in [-0.4, -0.2) is 25.5 Å². The molecule has 5 N–H and O–H groups in total. The molecule has 0 bridgehead atoms. The third-order valence-corrected chi connectivity index (χ3v) is 7.57. The minimum absolute atomic E-state index is 0.188. The highest BCUT2D eigenvalue weighted by molar-refractivity contribution is 6.20. The van der Waals surface area contributed by atoms with Gasteiger partial charge in [0.15, 0.2) is 0 Å². The van der Waals surface area contributed by atoms with Gasteiger partial charge in [-0.05, 0) is 79.7 Å². The maximum Gasteiger partial charge on any atom is 0.333 e. The first-order valence-corrected chi connectivity index (χ1v) is 12.8. The van der Waals surface area contributed by atoms with Gasteiger partial charge in [-0.3, -0.25) is 9.59 Å². The summed E-state index contributed by atoms with van der Waals surface area (Å²) in [6, 6.07) is 16.0. The molecule has 0 aliphatic rings. The van der Waals surface area contributed by atoms with Crippen LogP contribution in [0, 0.1) is 19.6 Å². The Hall–Kier alpha value is -5.02. The van der Waals surface area contributed by atoms with Crippen LogP contribution in [-0.2, 0) is 5.60 Å². The number of amides is 1. The molecule has 6 rings (SSSR count). The van der Waals surface area contributed by atoms with Gasteiger partial charge in [-0.15, -0.1) is 0 Å². The number of nitrogens with one attached hydrogen (secondary N) is 2. The minimum atomic E-state index is -2.78. The highest BCUT2D eigenvalue weighted by atomic mass is 19.1. The Morgan fingerprint density at radius 3 is 2.46 bits per heavy atom. The molecule has 9 heteroatoms. The van der Waals surface area contributed by atoms with Gasteiger partial charge in [0.2, 0.25) is 0 Å². The molecule has 0 atom stereocenters. The Morgan fingerprint density at radius 2 is 1.76 bits per heavy atom. The monoisotopic (exact) mass is 553 g/mol. The van der Waals surface area contributed by atoms with Gasteiger partial charge < -0.3 is 20.8 Å². The molecule has 0 fully saturated rings. The summed E-state index contributed by atoms with van der Waals surface area (Å²) in [6.45, 7) is 2.29. The van der Waals surface area contributed by atoms with Crippen molar-refractivity contribution in [3.8, 4) is 16.8 Å². The molecule has 4 aromatic carbocycles. The molecule has 0 aliphatic heterocycles. The van der Waals surface area contributed by atoms with Crippen LogP contribution in [0.4, 0.5) is 4.39 Å². The van der Waals surface area contributed by atoms with Crippen molar-refractivity contribution in [2.24, 2.45) is 5.73 Å². The lowest BCUT2D eigenvalue weighted by Gasteiger charge is -2.17. The molecule has 0 saturated heterocycles. The number of benzene rings is 4. The van der Waals surface area contributed by atoms with Gasteiger partial charge in [0, 0.05) is 20.4 Å². The van der Waals surface area contributed by atoms with E-state index in [2.05, 4.69) is 9.97 Å².